The van der Waals surface area contributed by atoms with Gasteiger partial charge in [0.1, 0.15) is 5.82 Å². The van der Waals surface area contributed by atoms with Gasteiger partial charge in [-0.3, -0.25) is 14.6 Å². The van der Waals surface area contributed by atoms with Crippen LogP contribution in [0.25, 0.3) is 0 Å². The fourth-order valence-electron chi connectivity index (χ4n) is 5.30. The number of amides is 2. The molecule has 0 radical (unpaired) electrons. The minimum absolute atomic E-state index is 0.0309. The van der Waals surface area contributed by atoms with Crippen LogP contribution < -0.4 is 10.2 Å². The first-order chi connectivity index (χ1) is 13.4. The number of fused-ring (bicyclic) bond motifs is 2. The fourth-order valence-corrected chi connectivity index (χ4v) is 5.30. The minimum Gasteiger partial charge on any atom is -0.480 e. The van der Waals surface area contributed by atoms with Gasteiger partial charge in [0.05, 0.1) is 12.2 Å². The molecular weight excluding hydrogens is 361 g/mol. The van der Waals surface area contributed by atoms with Crippen molar-refractivity contribution in [3.05, 3.63) is 29.6 Å². The molecule has 7 heteroatoms. The summed E-state index contributed by atoms with van der Waals surface area (Å²) in [5.74, 6) is -1.03. The van der Waals surface area contributed by atoms with Gasteiger partial charge in [0.2, 0.25) is 0 Å². The number of halogens is 1. The predicted molar refractivity (Wildman–Crippen MR) is 104 cm³/mol. The first kappa shape index (κ1) is 19.2. The smallest absolute Gasteiger partial charge is 0.322 e. The zero-order valence-electron chi connectivity index (χ0n) is 16.3. The Balaban J connectivity index is 1.42. The van der Waals surface area contributed by atoms with Crippen molar-refractivity contribution < 1.29 is 19.1 Å². The molecule has 2 N–H and O–H groups in total. The van der Waals surface area contributed by atoms with Crippen LogP contribution in [-0.4, -0.2) is 53.7 Å². The van der Waals surface area contributed by atoms with Crippen LogP contribution in [0.3, 0.4) is 0 Å². The lowest BCUT2D eigenvalue weighted by Gasteiger charge is -2.42. The van der Waals surface area contributed by atoms with Crippen LogP contribution in [0.15, 0.2) is 18.2 Å². The highest BCUT2D eigenvalue weighted by Crippen LogP contribution is 2.51. The number of hydrogen-bond acceptors (Lipinski definition) is 3. The molecule has 1 aliphatic heterocycles. The molecule has 1 heterocycles. The SMILES string of the molecule is CCN(CC(=O)O)C1CC(NC(=O)N2CC3(CCCC3)c3c(F)cccc32)C1. The molecule has 2 amide bonds. The van der Waals surface area contributed by atoms with Crippen molar-refractivity contribution in [3.63, 3.8) is 0 Å². The molecular formula is C21H28FN3O3. The summed E-state index contributed by atoms with van der Waals surface area (Å²) < 4.78 is 14.6. The number of carbonyl (C=O) groups excluding carboxylic acids is 1. The second-order valence-electron chi connectivity index (χ2n) is 8.44. The number of nitrogens with zero attached hydrogens (tertiary/aromatic N) is 2. The molecule has 6 nitrogen and oxygen atoms in total. The third kappa shape index (κ3) is 3.26. The molecule has 28 heavy (non-hydrogen) atoms. The molecule has 3 aliphatic rings. The number of carboxylic acids is 1. The molecule has 0 atom stereocenters. The van der Waals surface area contributed by atoms with Crippen molar-refractivity contribution in [2.45, 2.75) is 62.9 Å². The first-order valence-electron chi connectivity index (χ1n) is 10.3. The largest absolute Gasteiger partial charge is 0.480 e. The Morgan fingerprint density at radius 2 is 2.04 bits per heavy atom. The molecule has 0 unspecified atom stereocenters. The molecule has 4 rings (SSSR count). The maximum atomic E-state index is 14.6. The third-order valence-electron chi connectivity index (χ3n) is 6.78. The van der Waals surface area contributed by atoms with Gasteiger partial charge in [0.15, 0.2) is 0 Å². The highest BCUT2D eigenvalue weighted by molar-refractivity contribution is 5.95. The highest BCUT2D eigenvalue weighted by atomic mass is 19.1. The average Bonchev–Trinajstić information content (AvgIpc) is 3.22. The van der Waals surface area contributed by atoms with Crippen molar-refractivity contribution in [1.82, 2.24) is 10.2 Å². The van der Waals surface area contributed by atoms with Crippen LogP contribution in [0.5, 0.6) is 0 Å². The van der Waals surface area contributed by atoms with Gasteiger partial charge in [0, 0.05) is 29.6 Å². The lowest BCUT2D eigenvalue weighted by molar-refractivity contribution is -0.139. The topological polar surface area (TPSA) is 72.9 Å². The highest BCUT2D eigenvalue weighted by Gasteiger charge is 2.48. The van der Waals surface area contributed by atoms with Crippen LogP contribution in [0, 0.1) is 5.82 Å². The van der Waals surface area contributed by atoms with Gasteiger partial charge >= 0.3 is 12.0 Å². The van der Waals surface area contributed by atoms with Gasteiger partial charge in [-0.2, -0.15) is 0 Å². The number of likely N-dealkylation sites (N-methyl/N-ethyl adjacent to an activating group) is 1. The van der Waals surface area contributed by atoms with E-state index in [0.29, 0.717) is 24.3 Å². The van der Waals surface area contributed by atoms with Crippen molar-refractivity contribution >= 4 is 17.7 Å². The summed E-state index contributed by atoms with van der Waals surface area (Å²) in [6.45, 7) is 3.21. The lowest BCUT2D eigenvalue weighted by Crippen LogP contribution is -2.57. The molecule has 1 aromatic carbocycles. The quantitative estimate of drug-likeness (QED) is 0.812. The van der Waals surface area contributed by atoms with E-state index in [1.54, 1.807) is 11.0 Å². The zero-order chi connectivity index (χ0) is 19.9. The van der Waals surface area contributed by atoms with Crippen molar-refractivity contribution in [2.24, 2.45) is 0 Å². The molecule has 0 bridgehead atoms. The van der Waals surface area contributed by atoms with Gasteiger partial charge in [-0.25, -0.2) is 9.18 Å². The normalized spacial score (nSPS) is 25.0. The monoisotopic (exact) mass is 389 g/mol. The van der Waals surface area contributed by atoms with Crippen LogP contribution in [0.1, 0.15) is 51.0 Å². The molecule has 152 valence electrons. The molecule has 2 saturated carbocycles. The molecule has 0 saturated heterocycles. The Bertz CT molecular complexity index is 772. The van der Waals surface area contributed by atoms with Gasteiger partial charge in [-0.1, -0.05) is 25.8 Å². The Morgan fingerprint density at radius 3 is 2.68 bits per heavy atom. The number of carbonyl (C=O) groups is 2. The van der Waals surface area contributed by atoms with E-state index in [1.807, 2.05) is 17.9 Å². The van der Waals surface area contributed by atoms with E-state index in [0.717, 1.165) is 38.5 Å². The van der Waals surface area contributed by atoms with Gasteiger partial charge in [-0.15, -0.1) is 0 Å². The number of urea groups is 1. The number of aliphatic carboxylic acids is 1. The van der Waals surface area contributed by atoms with Gasteiger partial charge < -0.3 is 10.4 Å². The Kier molecular flexibility index (Phi) is 5.04. The number of hydrogen-bond donors (Lipinski definition) is 2. The number of rotatable bonds is 5. The summed E-state index contributed by atoms with van der Waals surface area (Å²) in [6.07, 6.45) is 5.51. The molecule has 1 spiro atoms. The van der Waals surface area contributed by atoms with Crippen molar-refractivity contribution in [1.29, 1.82) is 0 Å². The minimum atomic E-state index is -0.827. The van der Waals surface area contributed by atoms with Crippen LogP contribution in [0.2, 0.25) is 0 Å². The van der Waals surface area contributed by atoms with Crippen LogP contribution in [-0.2, 0) is 10.2 Å². The van der Waals surface area contributed by atoms with E-state index in [9.17, 15) is 14.0 Å². The average molecular weight is 389 g/mol. The summed E-state index contributed by atoms with van der Waals surface area (Å²) in [7, 11) is 0. The molecule has 1 aromatic rings. The van der Waals surface area contributed by atoms with Gasteiger partial charge in [0.25, 0.3) is 0 Å². The summed E-state index contributed by atoms with van der Waals surface area (Å²) in [6, 6.07) is 5.08. The van der Waals surface area contributed by atoms with E-state index in [1.165, 1.54) is 6.07 Å². The first-order valence-corrected chi connectivity index (χ1v) is 10.3. The number of anilines is 1. The van der Waals surface area contributed by atoms with E-state index in [4.69, 9.17) is 5.11 Å². The Morgan fingerprint density at radius 1 is 1.32 bits per heavy atom. The van der Waals surface area contributed by atoms with E-state index in [-0.39, 0.29) is 35.9 Å². The lowest BCUT2D eigenvalue weighted by atomic mass is 9.80. The van der Waals surface area contributed by atoms with Crippen molar-refractivity contribution in [2.75, 3.05) is 24.5 Å². The van der Waals surface area contributed by atoms with Crippen LogP contribution in [0.4, 0.5) is 14.9 Å². The summed E-state index contributed by atoms with van der Waals surface area (Å²) in [4.78, 5) is 27.6. The summed E-state index contributed by atoms with van der Waals surface area (Å²) in [5, 5.41) is 12.1. The number of benzene rings is 1. The number of carboxylic acid groups (broad SMARTS) is 1. The maximum Gasteiger partial charge on any atom is 0.322 e. The second-order valence-corrected chi connectivity index (χ2v) is 8.44. The summed E-state index contributed by atoms with van der Waals surface area (Å²) in [5.41, 5.74) is 1.18. The second kappa shape index (κ2) is 7.35. The van der Waals surface area contributed by atoms with Crippen molar-refractivity contribution in [3.8, 4) is 0 Å². The standard InChI is InChI=1S/C21H28FN3O3/c1-2-24(12-18(26)27)15-10-14(11-15)23-20(28)25-13-21(8-3-4-9-21)19-16(22)6-5-7-17(19)25/h5-7,14-15H,2-4,8-13H2,1H3,(H,23,28)(H,26,27). The third-order valence-corrected chi connectivity index (χ3v) is 6.78. The molecule has 2 aliphatic carbocycles. The maximum absolute atomic E-state index is 14.6. The van der Waals surface area contributed by atoms with E-state index < -0.39 is 5.97 Å². The summed E-state index contributed by atoms with van der Waals surface area (Å²) >= 11 is 0. The van der Waals surface area contributed by atoms with E-state index >= 15 is 0 Å². The molecule has 2 fully saturated rings. The predicted octanol–water partition coefficient (Wildman–Crippen LogP) is 3.10. The van der Waals surface area contributed by atoms with E-state index in [2.05, 4.69) is 5.32 Å². The fraction of sp³-hybridized carbons (Fsp3) is 0.619. The Hall–Kier alpha value is -2.15. The number of nitrogens with one attached hydrogen (secondary N) is 1. The molecule has 0 aromatic heterocycles. The Labute approximate surface area is 164 Å². The van der Waals surface area contributed by atoms with Gasteiger partial charge in [-0.05, 0) is 44.4 Å². The zero-order valence-corrected chi connectivity index (χ0v) is 16.3. The van der Waals surface area contributed by atoms with Crippen LogP contribution >= 0.6 is 0 Å².